The number of nitrogens with zero attached hydrogens (tertiary/aromatic N) is 1. The number of rotatable bonds is 4. The molecule has 0 bridgehead atoms. The van der Waals surface area contributed by atoms with E-state index in [4.69, 9.17) is 0 Å². The molecule has 18 heavy (non-hydrogen) atoms. The van der Waals surface area contributed by atoms with Crippen LogP contribution in [-0.4, -0.2) is 29.2 Å². The number of halogens is 1. The Morgan fingerprint density at radius 3 is 2.61 bits per heavy atom. The van der Waals surface area contributed by atoms with Crippen LogP contribution in [-0.2, 0) is 13.0 Å². The lowest BCUT2D eigenvalue weighted by Crippen LogP contribution is -2.29. The smallest absolute Gasteiger partial charge is 0.127 e. The number of aliphatic hydroxyl groups is 1. The molecule has 1 aromatic carbocycles. The first-order valence-electron chi connectivity index (χ1n) is 6.83. The van der Waals surface area contributed by atoms with E-state index in [1.54, 1.807) is 13.0 Å². The molecule has 1 aliphatic rings. The molecule has 2 rings (SSSR count). The van der Waals surface area contributed by atoms with Crippen LogP contribution in [0.4, 0.5) is 4.39 Å². The summed E-state index contributed by atoms with van der Waals surface area (Å²) < 4.78 is 13.9. The van der Waals surface area contributed by atoms with Crippen LogP contribution in [0.1, 0.15) is 37.3 Å². The second kappa shape index (κ2) is 6.30. The minimum absolute atomic E-state index is 0.140. The van der Waals surface area contributed by atoms with E-state index >= 15 is 0 Å². The van der Waals surface area contributed by atoms with Gasteiger partial charge in [0.2, 0.25) is 0 Å². The summed E-state index contributed by atoms with van der Waals surface area (Å²) in [5.41, 5.74) is 1.64. The Morgan fingerprint density at radius 2 is 2.00 bits per heavy atom. The molecule has 1 N–H and O–H groups in total. The zero-order valence-electron chi connectivity index (χ0n) is 11.0. The molecule has 3 heteroatoms. The summed E-state index contributed by atoms with van der Waals surface area (Å²) in [5, 5.41) is 9.30. The van der Waals surface area contributed by atoms with Crippen molar-refractivity contribution in [3.8, 4) is 0 Å². The van der Waals surface area contributed by atoms with Crippen LogP contribution in [0.2, 0.25) is 0 Å². The summed E-state index contributed by atoms with van der Waals surface area (Å²) in [6.45, 7) is 4.59. The Labute approximate surface area is 108 Å². The first-order chi connectivity index (χ1) is 8.65. The van der Waals surface area contributed by atoms with Crippen LogP contribution in [0.25, 0.3) is 0 Å². The monoisotopic (exact) mass is 251 g/mol. The van der Waals surface area contributed by atoms with E-state index in [0.717, 1.165) is 24.2 Å². The zero-order chi connectivity index (χ0) is 13.0. The predicted molar refractivity (Wildman–Crippen MR) is 70.9 cm³/mol. The zero-order valence-corrected chi connectivity index (χ0v) is 11.0. The fraction of sp³-hybridized carbons (Fsp3) is 0.600. The molecule has 0 spiro atoms. The van der Waals surface area contributed by atoms with Gasteiger partial charge in [0.1, 0.15) is 5.82 Å². The fourth-order valence-electron chi connectivity index (χ4n) is 2.55. The second-order valence-corrected chi connectivity index (χ2v) is 5.32. The van der Waals surface area contributed by atoms with Crippen LogP contribution in [0.3, 0.4) is 0 Å². The lowest BCUT2D eigenvalue weighted by molar-refractivity contribution is 0.195. The molecule has 2 nitrogen and oxygen atoms in total. The van der Waals surface area contributed by atoms with E-state index in [-0.39, 0.29) is 5.82 Å². The molecule has 1 aromatic rings. The third kappa shape index (κ3) is 3.79. The van der Waals surface area contributed by atoms with Crippen LogP contribution >= 0.6 is 0 Å². The van der Waals surface area contributed by atoms with Crippen LogP contribution in [0.5, 0.6) is 0 Å². The normalized spacial score (nSPS) is 18.8. The lowest BCUT2D eigenvalue weighted by atomic mass is 10.0. The molecule has 0 radical (unpaired) electrons. The molecule has 100 valence electrons. The van der Waals surface area contributed by atoms with Crippen molar-refractivity contribution >= 4 is 0 Å². The van der Waals surface area contributed by atoms with Crippen molar-refractivity contribution in [1.82, 2.24) is 4.90 Å². The summed E-state index contributed by atoms with van der Waals surface area (Å²) >= 11 is 0. The van der Waals surface area contributed by atoms with E-state index in [2.05, 4.69) is 4.90 Å². The number of piperidine rings is 1. The third-order valence-electron chi connectivity index (χ3n) is 3.49. The van der Waals surface area contributed by atoms with Crippen molar-refractivity contribution in [1.29, 1.82) is 0 Å². The maximum Gasteiger partial charge on any atom is 0.127 e. The number of aliphatic hydroxyl groups excluding tert-OH is 1. The van der Waals surface area contributed by atoms with Gasteiger partial charge in [0.25, 0.3) is 0 Å². The first kappa shape index (κ1) is 13.5. The van der Waals surface area contributed by atoms with Gasteiger partial charge in [-0.1, -0.05) is 18.6 Å². The molecule has 1 unspecified atom stereocenters. The van der Waals surface area contributed by atoms with Gasteiger partial charge in [0.15, 0.2) is 0 Å². The lowest BCUT2D eigenvalue weighted by Gasteiger charge is -2.26. The molecule has 1 heterocycles. The van der Waals surface area contributed by atoms with Crippen molar-refractivity contribution in [2.45, 2.75) is 45.3 Å². The fourth-order valence-corrected chi connectivity index (χ4v) is 2.55. The highest BCUT2D eigenvalue weighted by molar-refractivity contribution is 5.25. The summed E-state index contributed by atoms with van der Waals surface area (Å²) in [6, 6.07) is 5.35. The molecule has 1 fully saturated rings. The SMILES string of the molecule is CC(O)Cc1ccc(CN2CCCCC2)c(F)c1. The molecule has 0 aromatic heterocycles. The minimum atomic E-state index is -0.419. The van der Waals surface area contributed by atoms with E-state index in [0.29, 0.717) is 13.0 Å². The Hall–Kier alpha value is -0.930. The highest BCUT2D eigenvalue weighted by Gasteiger charge is 2.13. The second-order valence-electron chi connectivity index (χ2n) is 5.32. The molecule has 0 amide bonds. The van der Waals surface area contributed by atoms with Crippen LogP contribution in [0.15, 0.2) is 18.2 Å². The van der Waals surface area contributed by atoms with Crippen LogP contribution < -0.4 is 0 Å². The van der Waals surface area contributed by atoms with E-state index in [1.165, 1.54) is 19.3 Å². The maximum absolute atomic E-state index is 13.9. The van der Waals surface area contributed by atoms with Crippen LogP contribution in [0, 0.1) is 5.82 Å². The first-order valence-corrected chi connectivity index (χ1v) is 6.83. The Balaban J connectivity index is 2.00. The molecular weight excluding hydrogens is 229 g/mol. The highest BCUT2D eigenvalue weighted by atomic mass is 19.1. The average molecular weight is 251 g/mol. The van der Waals surface area contributed by atoms with E-state index < -0.39 is 6.10 Å². The number of hydrogen-bond donors (Lipinski definition) is 1. The summed E-state index contributed by atoms with van der Waals surface area (Å²) in [7, 11) is 0. The summed E-state index contributed by atoms with van der Waals surface area (Å²) in [4.78, 5) is 2.32. The highest BCUT2D eigenvalue weighted by Crippen LogP contribution is 2.17. The third-order valence-corrected chi connectivity index (χ3v) is 3.49. The van der Waals surface area contributed by atoms with Crippen molar-refractivity contribution in [2.24, 2.45) is 0 Å². The predicted octanol–water partition coefficient (Wildman–Crippen LogP) is 2.73. The Morgan fingerprint density at radius 1 is 1.28 bits per heavy atom. The van der Waals surface area contributed by atoms with Gasteiger partial charge in [-0.3, -0.25) is 4.90 Å². The van der Waals surface area contributed by atoms with Crippen molar-refractivity contribution in [3.63, 3.8) is 0 Å². The maximum atomic E-state index is 13.9. The van der Waals surface area contributed by atoms with Gasteiger partial charge < -0.3 is 5.11 Å². The minimum Gasteiger partial charge on any atom is -0.393 e. The van der Waals surface area contributed by atoms with Gasteiger partial charge in [0, 0.05) is 12.1 Å². The number of hydrogen-bond acceptors (Lipinski definition) is 2. The van der Waals surface area contributed by atoms with Gasteiger partial charge in [0.05, 0.1) is 6.10 Å². The molecule has 1 atom stereocenters. The van der Waals surface area contributed by atoms with Gasteiger partial charge in [-0.25, -0.2) is 4.39 Å². The van der Waals surface area contributed by atoms with Gasteiger partial charge in [-0.05, 0) is 50.9 Å². The standard InChI is InChI=1S/C15H22FNO/c1-12(18)9-13-5-6-14(15(16)10-13)11-17-7-3-2-4-8-17/h5-6,10,12,18H,2-4,7-9,11H2,1H3. The van der Waals surface area contributed by atoms with E-state index in [9.17, 15) is 9.50 Å². The Kier molecular flexibility index (Phi) is 4.72. The number of benzene rings is 1. The Bertz CT molecular complexity index is 386. The van der Waals surface area contributed by atoms with Crippen molar-refractivity contribution in [3.05, 3.63) is 35.1 Å². The molecular formula is C15H22FNO. The molecule has 1 aliphatic heterocycles. The van der Waals surface area contributed by atoms with Gasteiger partial charge in [-0.2, -0.15) is 0 Å². The van der Waals surface area contributed by atoms with Crippen molar-refractivity contribution < 1.29 is 9.50 Å². The molecule has 0 aliphatic carbocycles. The quantitative estimate of drug-likeness (QED) is 0.889. The topological polar surface area (TPSA) is 23.5 Å². The van der Waals surface area contributed by atoms with Gasteiger partial charge in [-0.15, -0.1) is 0 Å². The van der Waals surface area contributed by atoms with Crippen molar-refractivity contribution in [2.75, 3.05) is 13.1 Å². The van der Waals surface area contributed by atoms with E-state index in [1.807, 2.05) is 12.1 Å². The molecule has 0 saturated carbocycles. The largest absolute Gasteiger partial charge is 0.393 e. The molecule has 1 saturated heterocycles. The summed E-state index contributed by atoms with van der Waals surface area (Å²) in [6.07, 6.45) is 3.84. The van der Waals surface area contributed by atoms with Gasteiger partial charge >= 0.3 is 0 Å². The number of likely N-dealkylation sites (tertiary alicyclic amines) is 1. The average Bonchev–Trinajstić information content (AvgIpc) is 2.33. The summed E-state index contributed by atoms with van der Waals surface area (Å²) in [5.74, 6) is -0.140.